The minimum Gasteiger partial charge on any atom is -0.497 e. The first-order chi connectivity index (χ1) is 16.2. The molecule has 0 saturated carbocycles. The average Bonchev–Trinajstić information content (AvgIpc) is 2.87. The number of hydrogen-bond donors (Lipinski definition) is 2. The van der Waals surface area contributed by atoms with Gasteiger partial charge in [-0.15, -0.1) is 0 Å². The zero-order valence-electron chi connectivity index (χ0n) is 19.6. The van der Waals surface area contributed by atoms with Crippen molar-refractivity contribution in [3.05, 3.63) is 54.1 Å². The topological polar surface area (TPSA) is 114 Å². The molecule has 34 heavy (non-hydrogen) atoms. The highest BCUT2D eigenvalue weighted by Gasteiger charge is 2.34. The summed E-state index contributed by atoms with van der Waals surface area (Å²) in [6.45, 7) is 2.31. The maximum Gasteiger partial charge on any atom is 0.243 e. The van der Waals surface area contributed by atoms with Crippen LogP contribution in [0.5, 0.6) is 11.5 Å². The van der Waals surface area contributed by atoms with Crippen molar-refractivity contribution in [1.29, 1.82) is 0 Å². The molecule has 0 bridgehead atoms. The van der Waals surface area contributed by atoms with Crippen molar-refractivity contribution in [2.45, 2.75) is 37.2 Å². The van der Waals surface area contributed by atoms with Gasteiger partial charge in [-0.3, -0.25) is 9.59 Å². The van der Waals surface area contributed by atoms with Crippen LogP contribution in [0, 0.1) is 5.92 Å². The molecule has 1 aliphatic heterocycles. The van der Waals surface area contributed by atoms with E-state index in [1.165, 1.54) is 23.5 Å². The van der Waals surface area contributed by atoms with Gasteiger partial charge in [0.2, 0.25) is 21.8 Å². The standard InChI is InChI=1S/C24H31N3O6S/c1-17(23(28)25-15-18-6-4-8-21(14-18)33-3)26-24(29)19-7-5-13-27(16-19)34(30,31)22-11-9-20(32-2)10-12-22/h4,6,8-12,14,17,19H,5,7,13,15-16H2,1-3H3,(H,25,28)(H,26,29)/t17-,19+/m0/s1. The molecule has 2 N–H and O–H groups in total. The van der Waals surface area contributed by atoms with Gasteiger partial charge >= 0.3 is 0 Å². The van der Waals surface area contributed by atoms with Crippen molar-refractivity contribution in [3.63, 3.8) is 0 Å². The number of rotatable bonds is 9. The molecule has 2 aromatic carbocycles. The van der Waals surface area contributed by atoms with Crippen LogP contribution in [0.3, 0.4) is 0 Å². The lowest BCUT2D eigenvalue weighted by molar-refractivity contribution is -0.131. The summed E-state index contributed by atoms with van der Waals surface area (Å²) in [6.07, 6.45) is 1.11. The number of ether oxygens (including phenoxy) is 2. The van der Waals surface area contributed by atoms with Gasteiger partial charge in [0.1, 0.15) is 17.5 Å². The summed E-state index contributed by atoms with van der Waals surface area (Å²) in [6, 6.07) is 12.7. The Morgan fingerprint density at radius 3 is 2.47 bits per heavy atom. The highest BCUT2D eigenvalue weighted by Crippen LogP contribution is 2.25. The highest BCUT2D eigenvalue weighted by molar-refractivity contribution is 7.89. The molecular formula is C24H31N3O6S. The summed E-state index contributed by atoms with van der Waals surface area (Å²) in [7, 11) is -0.650. The molecule has 3 rings (SSSR count). The number of carbonyl (C=O) groups excluding carboxylic acids is 2. The minimum atomic E-state index is -3.74. The molecule has 0 unspecified atom stereocenters. The zero-order valence-corrected chi connectivity index (χ0v) is 20.4. The van der Waals surface area contributed by atoms with Crippen LogP contribution >= 0.6 is 0 Å². The van der Waals surface area contributed by atoms with E-state index in [4.69, 9.17) is 9.47 Å². The molecular weight excluding hydrogens is 458 g/mol. The van der Waals surface area contributed by atoms with Gasteiger partial charge < -0.3 is 20.1 Å². The van der Waals surface area contributed by atoms with E-state index in [0.717, 1.165) is 5.56 Å². The SMILES string of the molecule is COc1ccc(S(=O)(=O)N2CCC[C@@H](C(=O)N[C@@H](C)C(=O)NCc3cccc(OC)c3)C2)cc1. The Morgan fingerprint density at radius 1 is 1.09 bits per heavy atom. The second-order valence-corrected chi connectivity index (χ2v) is 10.1. The van der Waals surface area contributed by atoms with Crippen molar-refractivity contribution in [2.24, 2.45) is 5.92 Å². The van der Waals surface area contributed by atoms with Crippen LogP contribution in [0.25, 0.3) is 0 Å². The highest BCUT2D eigenvalue weighted by atomic mass is 32.2. The Balaban J connectivity index is 1.55. The van der Waals surface area contributed by atoms with Gasteiger partial charge in [0.05, 0.1) is 25.0 Å². The third-order valence-corrected chi connectivity index (χ3v) is 7.68. The Labute approximate surface area is 200 Å². The number of methoxy groups -OCH3 is 2. The molecule has 2 amide bonds. The summed E-state index contributed by atoms with van der Waals surface area (Å²) < 4.78 is 37.7. The van der Waals surface area contributed by atoms with Crippen molar-refractivity contribution in [1.82, 2.24) is 14.9 Å². The minimum absolute atomic E-state index is 0.0678. The summed E-state index contributed by atoms with van der Waals surface area (Å²) in [4.78, 5) is 25.4. The van der Waals surface area contributed by atoms with E-state index < -0.39 is 22.0 Å². The van der Waals surface area contributed by atoms with E-state index in [-0.39, 0.29) is 23.3 Å². The van der Waals surface area contributed by atoms with E-state index in [9.17, 15) is 18.0 Å². The Morgan fingerprint density at radius 2 is 1.79 bits per heavy atom. The predicted molar refractivity (Wildman–Crippen MR) is 127 cm³/mol. The van der Waals surface area contributed by atoms with Crippen molar-refractivity contribution < 1.29 is 27.5 Å². The van der Waals surface area contributed by atoms with E-state index in [1.807, 2.05) is 24.3 Å². The number of sulfonamides is 1. The molecule has 10 heteroatoms. The van der Waals surface area contributed by atoms with Crippen molar-refractivity contribution >= 4 is 21.8 Å². The van der Waals surface area contributed by atoms with Gasteiger partial charge in [0, 0.05) is 19.6 Å². The van der Waals surface area contributed by atoms with Crippen LogP contribution in [0.4, 0.5) is 0 Å². The first kappa shape index (κ1) is 25.5. The fourth-order valence-corrected chi connectivity index (χ4v) is 5.32. The number of carbonyl (C=O) groups is 2. The van der Waals surface area contributed by atoms with Crippen LogP contribution in [-0.2, 0) is 26.2 Å². The van der Waals surface area contributed by atoms with Crippen LogP contribution < -0.4 is 20.1 Å². The summed E-state index contributed by atoms with van der Waals surface area (Å²) >= 11 is 0. The van der Waals surface area contributed by atoms with E-state index in [2.05, 4.69) is 10.6 Å². The Bertz CT molecular complexity index is 1100. The van der Waals surface area contributed by atoms with Crippen molar-refractivity contribution in [3.8, 4) is 11.5 Å². The lowest BCUT2D eigenvalue weighted by Crippen LogP contribution is -2.50. The fourth-order valence-electron chi connectivity index (χ4n) is 3.79. The van der Waals surface area contributed by atoms with Gasteiger partial charge in [-0.2, -0.15) is 4.31 Å². The number of piperidine rings is 1. The Kier molecular flexibility index (Phi) is 8.51. The molecule has 1 aliphatic rings. The third-order valence-electron chi connectivity index (χ3n) is 5.81. The molecule has 0 radical (unpaired) electrons. The van der Waals surface area contributed by atoms with Gasteiger partial charge in [-0.25, -0.2) is 8.42 Å². The zero-order chi connectivity index (χ0) is 24.7. The number of benzene rings is 2. The molecule has 2 aromatic rings. The summed E-state index contributed by atoms with van der Waals surface area (Å²) in [5.74, 6) is 0.0665. The van der Waals surface area contributed by atoms with Crippen LogP contribution in [0.1, 0.15) is 25.3 Å². The van der Waals surface area contributed by atoms with Gasteiger partial charge in [-0.1, -0.05) is 12.1 Å². The van der Waals surface area contributed by atoms with E-state index in [0.29, 0.717) is 37.4 Å². The largest absolute Gasteiger partial charge is 0.497 e. The van der Waals surface area contributed by atoms with Crippen molar-refractivity contribution in [2.75, 3.05) is 27.3 Å². The lowest BCUT2D eigenvalue weighted by atomic mass is 9.98. The van der Waals surface area contributed by atoms with Gasteiger partial charge in [0.15, 0.2) is 0 Å². The number of nitrogens with one attached hydrogen (secondary N) is 2. The predicted octanol–water partition coefficient (Wildman–Crippen LogP) is 1.93. The number of amides is 2. The molecule has 2 atom stereocenters. The van der Waals surface area contributed by atoms with E-state index in [1.54, 1.807) is 26.2 Å². The monoisotopic (exact) mass is 489 g/mol. The molecule has 1 heterocycles. The molecule has 184 valence electrons. The summed E-state index contributed by atoms with van der Waals surface area (Å²) in [5, 5.41) is 5.52. The smallest absolute Gasteiger partial charge is 0.243 e. The second kappa shape index (κ2) is 11.3. The van der Waals surface area contributed by atoms with Gasteiger partial charge in [-0.05, 0) is 61.7 Å². The molecule has 1 saturated heterocycles. The molecule has 0 spiro atoms. The lowest BCUT2D eigenvalue weighted by Gasteiger charge is -2.31. The molecule has 0 aromatic heterocycles. The first-order valence-electron chi connectivity index (χ1n) is 11.1. The van der Waals surface area contributed by atoms with Crippen LogP contribution in [-0.4, -0.2) is 57.9 Å². The van der Waals surface area contributed by atoms with Crippen LogP contribution in [0.15, 0.2) is 53.4 Å². The van der Waals surface area contributed by atoms with Gasteiger partial charge in [0.25, 0.3) is 0 Å². The average molecular weight is 490 g/mol. The number of nitrogens with zero attached hydrogens (tertiary/aromatic N) is 1. The second-order valence-electron chi connectivity index (χ2n) is 8.18. The number of hydrogen-bond acceptors (Lipinski definition) is 6. The normalized spacial score (nSPS) is 17.4. The maximum absolute atomic E-state index is 13.0. The summed E-state index contributed by atoms with van der Waals surface area (Å²) in [5.41, 5.74) is 0.873. The van der Waals surface area contributed by atoms with E-state index >= 15 is 0 Å². The van der Waals surface area contributed by atoms with Crippen LogP contribution in [0.2, 0.25) is 0 Å². The molecule has 1 fully saturated rings. The Hall–Kier alpha value is -3.11. The first-order valence-corrected chi connectivity index (χ1v) is 12.5. The molecule has 0 aliphatic carbocycles. The molecule has 9 nitrogen and oxygen atoms in total. The third kappa shape index (κ3) is 6.27. The maximum atomic E-state index is 13.0. The quantitative estimate of drug-likeness (QED) is 0.556. The fraction of sp³-hybridized carbons (Fsp3) is 0.417.